The summed E-state index contributed by atoms with van der Waals surface area (Å²) in [5.41, 5.74) is 0. The van der Waals surface area contributed by atoms with Gasteiger partial charge >= 0.3 is 10.4 Å². The molecule has 0 amide bonds. The molecule has 0 rings (SSSR count). The zero-order valence-corrected chi connectivity index (χ0v) is 7.55. The molecule has 1 atom stereocenters. The Labute approximate surface area is 66.6 Å². The van der Waals surface area contributed by atoms with Crippen LogP contribution in [0, 0.1) is 0 Å². The molecular weight excluding hydrogens is 172 g/mol. The van der Waals surface area contributed by atoms with Gasteiger partial charge in [0.25, 0.3) is 0 Å². The molecule has 0 aliphatic heterocycles. The van der Waals surface area contributed by atoms with E-state index >= 15 is 0 Å². The van der Waals surface area contributed by atoms with Crippen LogP contribution in [0.5, 0.6) is 0 Å². The first-order valence-electron chi connectivity index (χ1n) is 3.12. The molecule has 0 aromatic carbocycles. The maximum Gasteiger partial charge on any atom is 0.402 e. The second-order valence-corrected chi connectivity index (χ2v) is 2.96. The highest BCUT2D eigenvalue weighted by molar-refractivity contribution is 7.81. The van der Waals surface area contributed by atoms with Gasteiger partial charge in [-0.2, -0.15) is 8.42 Å². The average molecular weight is 184 g/mol. The number of hydrogen-bond donors (Lipinski definition) is 0. The van der Waals surface area contributed by atoms with E-state index in [1.807, 2.05) is 0 Å². The molecule has 0 N–H and O–H groups in total. The van der Waals surface area contributed by atoms with Crippen LogP contribution >= 0.6 is 0 Å². The summed E-state index contributed by atoms with van der Waals surface area (Å²) in [6, 6.07) is 0. The first-order valence-corrected chi connectivity index (χ1v) is 4.45. The van der Waals surface area contributed by atoms with E-state index in [2.05, 4.69) is 13.1 Å². The van der Waals surface area contributed by atoms with Gasteiger partial charge in [-0.25, -0.2) is 8.37 Å². The lowest BCUT2D eigenvalue weighted by molar-refractivity contribution is -0.0428. The van der Waals surface area contributed by atoms with E-state index in [9.17, 15) is 8.42 Å². The highest BCUT2D eigenvalue weighted by atomic mass is 32.3. The van der Waals surface area contributed by atoms with Crippen molar-refractivity contribution < 1.29 is 21.5 Å². The number of methoxy groups -OCH3 is 1. The van der Waals surface area contributed by atoms with Gasteiger partial charge in [0.1, 0.15) is 0 Å². The summed E-state index contributed by atoms with van der Waals surface area (Å²) < 4.78 is 34.5. The van der Waals surface area contributed by atoms with E-state index < -0.39 is 16.7 Å². The van der Waals surface area contributed by atoms with Gasteiger partial charge in [-0.3, -0.25) is 0 Å². The van der Waals surface area contributed by atoms with Crippen LogP contribution in [0.2, 0.25) is 0 Å². The maximum atomic E-state index is 10.7. The largest absolute Gasteiger partial charge is 0.402 e. The van der Waals surface area contributed by atoms with Gasteiger partial charge in [0.05, 0.1) is 6.61 Å². The summed E-state index contributed by atoms with van der Waals surface area (Å²) in [6.45, 7) is 3.06. The molecule has 68 valence electrons. The summed E-state index contributed by atoms with van der Waals surface area (Å²) in [4.78, 5) is 0. The number of ether oxygens (including phenoxy) is 1. The van der Waals surface area contributed by atoms with Crippen molar-refractivity contribution in [3.8, 4) is 0 Å². The van der Waals surface area contributed by atoms with Gasteiger partial charge in [0, 0.05) is 7.11 Å². The Kier molecular flexibility index (Phi) is 4.58. The van der Waals surface area contributed by atoms with Gasteiger partial charge in [-0.1, -0.05) is 0 Å². The van der Waals surface area contributed by atoms with Gasteiger partial charge in [0.15, 0.2) is 6.29 Å². The Bertz CT molecular complexity index is 185. The van der Waals surface area contributed by atoms with Crippen molar-refractivity contribution in [3.05, 3.63) is 0 Å². The molecule has 0 spiro atoms. The molecule has 0 saturated heterocycles. The standard InChI is InChI=1S/C5H12O5S/c1-4-9-11(6,7)10-5(2)8-3/h5H,4H2,1-3H3. The van der Waals surface area contributed by atoms with Crippen LogP contribution in [-0.2, 0) is 23.5 Å². The smallest absolute Gasteiger partial charge is 0.355 e. The molecule has 1 unspecified atom stereocenters. The maximum absolute atomic E-state index is 10.7. The van der Waals surface area contributed by atoms with Crippen LogP contribution in [0.4, 0.5) is 0 Å². The van der Waals surface area contributed by atoms with Crippen LogP contribution in [-0.4, -0.2) is 28.4 Å². The third kappa shape index (κ3) is 5.14. The fourth-order valence-electron chi connectivity index (χ4n) is 0.377. The fraction of sp³-hybridized carbons (Fsp3) is 1.00. The minimum Gasteiger partial charge on any atom is -0.355 e. The molecule has 0 aromatic heterocycles. The van der Waals surface area contributed by atoms with E-state index in [1.54, 1.807) is 6.92 Å². The third-order valence-electron chi connectivity index (χ3n) is 0.847. The predicted molar refractivity (Wildman–Crippen MR) is 38.1 cm³/mol. The normalized spacial score (nSPS) is 14.8. The first kappa shape index (κ1) is 10.8. The molecule has 0 saturated carbocycles. The summed E-state index contributed by atoms with van der Waals surface area (Å²) in [6.07, 6.45) is -0.813. The predicted octanol–water partition coefficient (Wildman–Crippen LogP) is 0.277. The summed E-state index contributed by atoms with van der Waals surface area (Å²) >= 11 is 0. The van der Waals surface area contributed by atoms with Crippen molar-refractivity contribution in [3.63, 3.8) is 0 Å². The monoisotopic (exact) mass is 184 g/mol. The molecule has 0 bridgehead atoms. The lowest BCUT2D eigenvalue weighted by atomic mass is 10.8. The van der Waals surface area contributed by atoms with E-state index in [-0.39, 0.29) is 6.61 Å². The minimum atomic E-state index is -3.87. The van der Waals surface area contributed by atoms with Crippen LogP contribution in [0.3, 0.4) is 0 Å². The van der Waals surface area contributed by atoms with Crippen molar-refractivity contribution >= 4 is 10.4 Å². The lowest BCUT2D eigenvalue weighted by Gasteiger charge is -2.09. The Morgan fingerprint density at radius 3 is 2.36 bits per heavy atom. The summed E-state index contributed by atoms with van der Waals surface area (Å²) in [5, 5.41) is 0. The highest BCUT2D eigenvalue weighted by Crippen LogP contribution is 2.01. The van der Waals surface area contributed by atoms with Crippen LogP contribution in [0.25, 0.3) is 0 Å². The zero-order valence-electron chi connectivity index (χ0n) is 6.73. The molecular formula is C5H12O5S. The van der Waals surface area contributed by atoms with Gasteiger partial charge in [-0.15, -0.1) is 0 Å². The lowest BCUT2D eigenvalue weighted by Crippen LogP contribution is -2.18. The van der Waals surface area contributed by atoms with E-state index in [0.29, 0.717) is 0 Å². The molecule has 5 nitrogen and oxygen atoms in total. The Morgan fingerprint density at radius 1 is 1.45 bits per heavy atom. The Hall–Kier alpha value is -0.170. The third-order valence-corrected chi connectivity index (χ3v) is 1.88. The number of hydrogen-bond acceptors (Lipinski definition) is 5. The fourth-order valence-corrected chi connectivity index (χ4v) is 1.13. The van der Waals surface area contributed by atoms with Gasteiger partial charge in [-0.05, 0) is 13.8 Å². The van der Waals surface area contributed by atoms with Crippen LogP contribution in [0.1, 0.15) is 13.8 Å². The summed E-state index contributed by atoms with van der Waals surface area (Å²) in [7, 11) is -2.53. The topological polar surface area (TPSA) is 61.8 Å². The first-order chi connectivity index (χ1) is 5.02. The molecule has 11 heavy (non-hydrogen) atoms. The second kappa shape index (κ2) is 4.66. The van der Waals surface area contributed by atoms with Gasteiger partial charge in [0.2, 0.25) is 0 Å². The van der Waals surface area contributed by atoms with Crippen molar-refractivity contribution in [2.75, 3.05) is 13.7 Å². The van der Waals surface area contributed by atoms with E-state index in [0.717, 1.165) is 0 Å². The van der Waals surface area contributed by atoms with E-state index in [1.165, 1.54) is 14.0 Å². The Morgan fingerprint density at radius 2 is 2.00 bits per heavy atom. The molecule has 0 aromatic rings. The van der Waals surface area contributed by atoms with Crippen LogP contribution < -0.4 is 0 Å². The molecule has 0 radical (unpaired) electrons. The molecule has 0 aliphatic rings. The van der Waals surface area contributed by atoms with Crippen molar-refractivity contribution in [2.45, 2.75) is 20.1 Å². The number of rotatable bonds is 5. The molecule has 0 heterocycles. The van der Waals surface area contributed by atoms with Crippen LogP contribution in [0.15, 0.2) is 0 Å². The van der Waals surface area contributed by atoms with Crippen molar-refractivity contribution in [1.29, 1.82) is 0 Å². The average Bonchev–Trinajstić information content (AvgIpc) is 1.86. The second-order valence-electron chi connectivity index (χ2n) is 1.71. The quantitative estimate of drug-likeness (QED) is 0.574. The van der Waals surface area contributed by atoms with E-state index in [4.69, 9.17) is 0 Å². The molecule has 6 heteroatoms. The highest BCUT2D eigenvalue weighted by Gasteiger charge is 2.14. The Balaban J connectivity index is 3.92. The summed E-state index contributed by atoms with van der Waals surface area (Å²) in [5.74, 6) is 0. The van der Waals surface area contributed by atoms with Crippen molar-refractivity contribution in [2.24, 2.45) is 0 Å². The van der Waals surface area contributed by atoms with Gasteiger partial charge < -0.3 is 4.74 Å². The molecule has 0 aliphatic carbocycles. The van der Waals surface area contributed by atoms with Crippen molar-refractivity contribution in [1.82, 2.24) is 0 Å². The molecule has 0 fully saturated rings. The minimum absolute atomic E-state index is 0.0543. The zero-order chi connectivity index (χ0) is 8.91. The SMILES string of the molecule is CCOS(=O)(=O)OC(C)OC.